The van der Waals surface area contributed by atoms with Crippen LogP contribution in [0.4, 0.5) is 10.5 Å². The van der Waals surface area contributed by atoms with Gasteiger partial charge in [-0.25, -0.2) is 4.79 Å². The van der Waals surface area contributed by atoms with Gasteiger partial charge in [0, 0.05) is 18.2 Å². The molecule has 1 aliphatic rings. The molecule has 1 aromatic rings. The first-order valence-corrected chi connectivity index (χ1v) is 7.38. The molecule has 0 aromatic heterocycles. The van der Waals surface area contributed by atoms with Crippen molar-refractivity contribution >= 4 is 23.5 Å². The zero-order chi connectivity index (χ0) is 16.3. The molecular weight excluding hydrogens is 282 g/mol. The molecule has 22 heavy (non-hydrogen) atoms. The normalized spacial score (nSPS) is 21.3. The Balaban J connectivity index is 1.95. The third kappa shape index (κ3) is 3.84. The Morgan fingerprint density at radius 2 is 1.86 bits per heavy atom. The number of imide groups is 1. The first-order valence-electron chi connectivity index (χ1n) is 7.38. The lowest BCUT2D eigenvalue weighted by molar-refractivity contribution is -0.129. The van der Waals surface area contributed by atoms with E-state index in [0.29, 0.717) is 11.6 Å². The third-order valence-electron chi connectivity index (χ3n) is 3.80. The number of urea groups is 1. The van der Waals surface area contributed by atoms with Crippen molar-refractivity contribution in [3.05, 3.63) is 29.8 Å². The van der Waals surface area contributed by atoms with Gasteiger partial charge < -0.3 is 10.6 Å². The van der Waals surface area contributed by atoms with E-state index in [1.807, 2.05) is 24.3 Å². The Hall–Kier alpha value is -2.37. The maximum atomic E-state index is 12.1. The Kier molecular flexibility index (Phi) is 4.80. The van der Waals surface area contributed by atoms with Crippen molar-refractivity contribution in [2.75, 3.05) is 5.32 Å². The summed E-state index contributed by atoms with van der Waals surface area (Å²) in [5.41, 5.74) is 1.89. The van der Waals surface area contributed by atoms with Crippen LogP contribution in [-0.2, 0) is 9.59 Å². The predicted octanol–water partition coefficient (Wildman–Crippen LogP) is 1.98. The van der Waals surface area contributed by atoms with Gasteiger partial charge in [-0.05, 0) is 30.5 Å². The van der Waals surface area contributed by atoms with Gasteiger partial charge in [-0.1, -0.05) is 26.0 Å². The van der Waals surface area contributed by atoms with Crippen molar-refractivity contribution in [3.63, 3.8) is 0 Å². The van der Waals surface area contributed by atoms with Crippen molar-refractivity contribution in [3.8, 4) is 0 Å². The number of carbonyl (C=O) groups is 3. The standard InChI is InChI=1S/C16H21N3O3/c1-9(2)11-4-6-12(7-5-11)18-14(20)8-13-10(3)17-16(22)19-15(13)21/h4-7,9-10,13H,8H2,1-3H3,(H,18,20)(H2,17,19,21,22). The minimum Gasteiger partial charge on any atom is -0.335 e. The van der Waals surface area contributed by atoms with Gasteiger partial charge in [-0.15, -0.1) is 0 Å². The van der Waals surface area contributed by atoms with Gasteiger partial charge in [0.05, 0.1) is 5.92 Å². The van der Waals surface area contributed by atoms with E-state index in [4.69, 9.17) is 0 Å². The summed E-state index contributed by atoms with van der Waals surface area (Å²) in [5, 5.41) is 7.55. The topological polar surface area (TPSA) is 87.3 Å². The van der Waals surface area contributed by atoms with Gasteiger partial charge in [0.2, 0.25) is 11.8 Å². The molecule has 0 bridgehead atoms. The van der Waals surface area contributed by atoms with E-state index >= 15 is 0 Å². The Bertz CT molecular complexity index is 581. The molecule has 0 spiro atoms. The summed E-state index contributed by atoms with van der Waals surface area (Å²) >= 11 is 0. The van der Waals surface area contributed by atoms with Crippen LogP contribution in [0.2, 0.25) is 0 Å². The van der Waals surface area contributed by atoms with Crippen molar-refractivity contribution in [1.29, 1.82) is 0 Å². The van der Waals surface area contributed by atoms with Crippen LogP contribution in [0, 0.1) is 5.92 Å². The fourth-order valence-electron chi connectivity index (χ4n) is 2.41. The first-order chi connectivity index (χ1) is 10.4. The van der Waals surface area contributed by atoms with E-state index in [1.165, 1.54) is 5.56 Å². The summed E-state index contributed by atoms with van der Waals surface area (Å²) in [4.78, 5) is 35.0. The molecule has 118 valence electrons. The van der Waals surface area contributed by atoms with E-state index in [1.54, 1.807) is 6.92 Å². The molecule has 6 nitrogen and oxygen atoms in total. The molecule has 2 unspecified atom stereocenters. The molecule has 1 heterocycles. The molecule has 0 saturated carbocycles. The number of hydrogen-bond acceptors (Lipinski definition) is 3. The largest absolute Gasteiger partial charge is 0.335 e. The molecule has 1 aromatic carbocycles. The molecule has 1 fully saturated rings. The number of anilines is 1. The van der Waals surface area contributed by atoms with E-state index in [9.17, 15) is 14.4 Å². The van der Waals surface area contributed by atoms with Gasteiger partial charge in [0.1, 0.15) is 0 Å². The minimum absolute atomic E-state index is 0.0270. The van der Waals surface area contributed by atoms with Crippen molar-refractivity contribution < 1.29 is 14.4 Å². The van der Waals surface area contributed by atoms with Gasteiger partial charge in [-0.3, -0.25) is 14.9 Å². The summed E-state index contributed by atoms with van der Waals surface area (Å²) in [5.74, 6) is -0.796. The van der Waals surface area contributed by atoms with Crippen molar-refractivity contribution in [2.45, 2.75) is 39.2 Å². The fourth-order valence-corrected chi connectivity index (χ4v) is 2.41. The van der Waals surface area contributed by atoms with Crippen LogP contribution in [-0.4, -0.2) is 23.9 Å². The highest BCUT2D eigenvalue weighted by Gasteiger charge is 2.34. The van der Waals surface area contributed by atoms with E-state index in [-0.39, 0.29) is 18.4 Å². The van der Waals surface area contributed by atoms with E-state index in [2.05, 4.69) is 29.8 Å². The molecule has 6 heteroatoms. The summed E-state index contributed by atoms with van der Waals surface area (Å²) in [6, 6.07) is 6.75. The molecule has 0 aliphatic carbocycles. The van der Waals surface area contributed by atoms with Gasteiger partial charge in [0.15, 0.2) is 0 Å². The lowest BCUT2D eigenvalue weighted by Gasteiger charge is -2.28. The zero-order valence-corrected chi connectivity index (χ0v) is 13.0. The number of nitrogens with one attached hydrogen (secondary N) is 3. The van der Waals surface area contributed by atoms with Crippen molar-refractivity contribution in [1.82, 2.24) is 10.6 Å². The highest BCUT2D eigenvalue weighted by atomic mass is 16.2. The highest BCUT2D eigenvalue weighted by molar-refractivity contribution is 6.01. The Morgan fingerprint density at radius 3 is 2.41 bits per heavy atom. The van der Waals surface area contributed by atoms with Crippen LogP contribution in [0.15, 0.2) is 24.3 Å². The molecule has 3 N–H and O–H groups in total. The van der Waals surface area contributed by atoms with Gasteiger partial charge >= 0.3 is 6.03 Å². The fraction of sp³-hybridized carbons (Fsp3) is 0.438. The second-order valence-electron chi connectivity index (χ2n) is 5.89. The maximum Gasteiger partial charge on any atom is 0.321 e. The van der Waals surface area contributed by atoms with Crippen LogP contribution in [0.3, 0.4) is 0 Å². The molecule has 2 atom stereocenters. The van der Waals surface area contributed by atoms with Crippen LogP contribution >= 0.6 is 0 Å². The monoisotopic (exact) mass is 303 g/mol. The third-order valence-corrected chi connectivity index (χ3v) is 3.80. The zero-order valence-electron chi connectivity index (χ0n) is 13.0. The average molecular weight is 303 g/mol. The summed E-state index contributed by atoms with van der Waals surface area (Å²) < 4.78 is 0. The van der Waals surface area contributed by atoms with Crippen LogP contribution in [0.25, 0.3) is 0 Å². The van der Waals surface area contributed by atoms with E-state index < -0.39 is 17.9 Å². The molecule has 1 saturated heterocycles. The average Bonchev–Trinajstić information content (AvgIpc) is 2.43. The lowest BCUT2D eigenvalue weighted by Crippen LogP contribution is -2.57. The van der Waals surface area contributed by atoms with E-state index in [0.717, 1.165) is 0 Å². The first kappa shape index (κ1) is 16.0. The predicted molar refractivity (Wildman–Crippen MR) is 83.4 cm³/mol. The second kappa shape index (κ2) is 6.60. The minimum atomic E-state index is -0.562. The number of hydrogen-bond donors (Lipinski definition) is 3. The highest BCUT2D eigenvalue weighted by Crippen LogP contribution is 2.18. The summed E-state index contributed by atoms with van der Waals surface area (Å²) in [6.07, 6.45) is 0.0270. The Labute approximate surface area is 129 Å². The van der Waals surface area contributed by atoms with Gasteiger partial charge in [0.25, 0.3) is 0 Å². The number of rotatable bonds is 4. The van der Waals surface area contributed by atoms with Gasteiger partial charge in [-0.2, -0.15) is 0 Å². The quantitative estimate of drug-likeness (QED) is 0.795. The molecular formula is C16H21N3O3. The number of carbonyl (C=O) groups excluding carboxylic acids is 3. The van der Waals surface area contributed by atoms with Crippen LogP contribution in [0.5, 0.6) is 0 Å². The molecule has 4 amide bonds. The molecule has 0 radical (unpaired) electrons. The summed E-state index contributed by atoms with van der Waals surface area (Å²) in [7, 11) is 0. The lowest BCUT2D eigenvalue weighted by atomic mass is 9.94. The van der Waals surface area contributed by atoms with Crippen LogP contribution < -0.4 is 16.0 Å². The van der Waals surface area contributed by atoms with Crippen molar-refractivity contribution in [2.24, 2.45) is 5.92 Å². The Morgan fingerprint density at radius 1 is 1.23 bits per heavy atom. The maximum absolute atomic E-state index is 12.1. The SMILES string of the molecule is CC(C)c1ccc(NC(=O)CC2C(=O)NC(=O)NC2C)cc1. The number of benzene rings is 1. The number of amides is 4. The summed E-state index contributed by atoms with van der Waals surface area (Å²) in [6.45, 7) is 5.92. The molecule has 1 aliphatic heterocycles. The second-order valence-corrected chi connectivity index (χ2v) is 5.89. The smallest absolute Gasteiger partial charge is 0.321 e. The molecule has 2 rings (SSSR count). The van der Waals surface area contributed by atoms with Crippen LogP contribution in [0.1, 0.15) is 38.7 Å².